The number of methoxy groups -OCH3 is 1. The summed E-state index contributed by atoms with van der Waals surface area (Å²) in [6.07, 6.45) is 0.0208. The third-order valence-corrected chi connectivity index (χ3v) is 4.84. The summed E-state index contributed by atoms with van der Waals surface area (Å²) in [4.78, 5) is 43.4. The number of benzene rings is 2. The molecule has 3 amide bonds. The quantitative estimate of drug-likeness (QED) is 0.307. The van der Waals surface area contributed by atoms with Gasteiger partial charge in [-0.1, -0.05) is 36.1 Å². The minimum Gasteiger partial charge on any atom is -0.497 e. The lowest BCUT2D eigenvalue weighted by atomic mass is 10.2. The van der Waals surface area contributed by atoms with E-state index in [-0.39, 0.29) is 37.6 Å². The molecule has 3 rings (SSSR count). The maximum atomic E-state index is 12.6. The molecule has 0 saturated carbocycles. The normalized spacial score (nSPS) is 9.86. The molecular formula is C26H25N5O6. The zero-order chi connectivity index (χ0) is 26.5. The minimum absolute atomic E-state index is 0.0133. The van der Waals surface area contributed by atoms with Gasteiger partial charge in [-0.3, -0.25) is 9.59 Å². The number of hydrogen-bond acceptors (Lipinski definition) is 7. The first-order valence-electron chi connectivity index (χ1n) is 11.1. The summed E-state index contributed by atoms with van der Waals surface area (Å²) in [5, 5.41) is 16.1. The molecule has 0 aliphatic rings. The highest BCUT2D eigenvalue weighted by atomic mass is 16.5. The van der Waals surface area contributed by atoms with Gasteiger partial charge in [0.1, 0.15) is 35.8 Å². The van der Waals surface area contributed by atoms with Crippen LogP contribution in [0.4, 0.5) is 4.79 Å². The Balaban J connectivity index is 1.50. The third kappa shape index (κ3) is 8.88. The average molecular weight is 504 g/mol. The Kier molecular flexibility index (Phi) is 9.81. The molecule has 0 aliphatic carbocycles. The van der Waals surface area contributed by atoms with Gasteiger partial charge >= 0.3 is 6.09 Å². The summed E-state index contributed by atoms with van der Waals surface area (Å²) in [5.41, 5.74) is 1.75. The summed E-state index contributed by atoms with van der Waals surface area (Å²) in [6.45, 7) is 0.566. The molecule has 190 valence electrons. The van der Waals surface area contributed by atoms with E-state index in [1.807, 2.05) is 30.3 Å². The van der Waals surface area contributed by atoms with Crippen LogP contribution >= 0.6 is 0 Å². The zero-order valence-corrected chi connectivity index (χ0v) is 20.0. The van der Waals surface area contributed by atoms with Crippen molar-refractivity contribution in [3.05, 3.63) is 83.4 Å². The summed E-state index contributed by atoms with van der Waals surface area (Å²) in [5.74, 6) is 5.65. The van der Waals surface area contributed by atoms with Crippen LogP contribution in [0.5, 0.6) is 11.5 Å². The van der Waals surface area contributed by atoms with Gasteiger partial charge in [0.15, 0.2) is 0 Å². The van der Waals surface area contributed by atoms with Gasteiger partial charge in [0.25, 0.3) is 11.8 Å². The van der Waals surface area contributed by atoms with Gasteiger partial charge in [-0.05, 0) is 35.4 Å². The summed E-state index contributed by atoms with van der Waals surface area (Å²) >= 11 is 0. The van der Waals surface area contributed by atoms with Crippen molar-refractivity contribution in [2.24, 2.45) is 0 Å². The van der Waals surface area contributed by atoms with Crippen LogP contribution in [-0.2, 0) is 13.1 Å². The molecule has 2 aromatic carbocycles. The summed E-state index contributed by atoms with van der Waals surface area (Å²) in [7, 11) is 1.57. The third-order valence-electron chi connectivity index (χ3n) is 4.84. The Hall–Kier alpha value is -5.11. The van der Waals surface area contributed by atoms with E-state index in [2.05, 4.69) is 37.8 Å². The molecule has 11 nitrogen and oxygen atoms in total. The van der Waals surface area contributed by atoms with Crippen LogP contribution in [0.1, 0.15) is 32.1 Å². The van der Waals surface area contributed by atoms with Crippen molar-refractivity contribution in [3.63, 3.8) is 0 Å². The second-order valence-corrected chi connectivity index (χ2v) is 7.45. The number of rotatable bonds is 10. The fraction of sp³-hybridized carbons (Fsp3) is 0.192. The van der Waals surface area contributed by atoms with Gasteiger partial charge in [0, 0.05) is 19.2 Å². The molecule has 0 atom stereocenters. The number of aromatic nitrogens is 2. The number of carbonyl (C=O) groups excluding carboxylic acids is 2. The number of amides is 3. The van der Waals surface area contributed by atoms with E-state index in [0.717, 1.165) is 17.5 Å². The van der Waals surface area contributed by atoms with E-state index in [4.69, 9.17) is 14.6 Å². The Morgan fingerprint density at radius 3 is 2.03 bits per heavy atom. The lowest BCUT2D eigenvalue weighted by Crippen LogP contribution is -2.27. The Bertz CT molecular complexity index is 1320. The highest BCUT2D eigenvalue weighted by Crippen LogP contribution is 2.14. The topological polar surface area (TPSA) is 152 Å². The van der Waals surface area contributed by atoms with Gasteiger partial charge in [0.05, 0.1) is 13.7 Å². The van der Waals surface area contributed by atoms with E-state index in [1.165, 1.54) is 6.07 Å². The van der Waals surface area contributed by atoms with Crippen molar-refractivity contribution in [1.29, 1.82) is 0 Å². The molecule has 37 heavy (non-hydrogen) atoms. The maximum absolute atomic E-state index is 12.6. The van der Waals surface area contributed by atoms with Crippen molar-refractivity contribution in [3.8, 4) is 23.3 Å². The molecule has 0 unspecified atom stereocenters. The maximum Gasteiger partial charge on any atom is 0.405 e. The van der Waals surface area contributed by atoms with E-state index in [1.54, 1.807) is 25.3 Å². The predicted molar refractivity (Wildman–Crippen MR) is 133 cm³/mol. The monoisotopic (exact) mass is 503 g/mol. The molecule has 4 N–H and O–H groups in total. The van der Waals surface area contributed by atoms with Crippen molar-refractivity contribution < 1.29 is 29.0 Å². The van der Waals surface area contributed by atoms with Crippen LogP contribution in [0.25, 0.3) is 0 Å². The van der Waals surface area contributed by atoms with Crippen LogP contribution < -0.4 is 25.4 Å². The van der Waals surface area contributed by atoms with Crippen molar-refractivity contribution >= 4 is 17.9 Å². The molecule has 0 spiro atoms. The van der Waals surface area contributed by atoms with Gasteiger partial charge in [-0.2, -0.15) is 0 Å². The average Bonchev–Trinajstić information content (AvgIpc) is 2.92. The first-order chi connectivity index (χ1) is 17.9. The Labute approximate surface area is 213 Å². The SMILES string of the molecule is COc1cccc(CNC(=O)c2cc(C(=O)NCc3cccc(OCC#CCNC(=O)O)c3)ncn2)c1. The number of ether oxygens (including phenoxy) is 2. The largest absolute Gasteiger partial charge is 0.497 e. The van der Waals surface area contributed by atoms with Crippen LogP contribution in [-0.4, -0.2) is 53.2 Å². The van der Waals surface area contributed by atoms with Crippen molar-refractivity contribution in [2.75, 3.05) is 20.3 Å². The molecule has 0 aliphatic heterocycles. The van der Waals surface area contributed by atoms with E-state index in [0.29, 0.717) is 11.5 Å². The first kappa shape index (κ1) is 26.5. The number of hydrogen-bond donors (Lipinski definition) is 4. The van der Waals surface area contributed by atoms with Gasteiger partial charge in [0.2, 0.25) is 0 Å². The summed E-state index contributed by atoms with van der Waals surface area (Å²) in [6, 6.07) is 15.7. The molecular weight excluding hydrogens is 478 g/mol. The van der Waals surface area contributed by atoms with Gasteiger partial charge in [-0.25, -0.2) is 14.8 Å². The van der Waals surface area contributed by atoms with Crippen LogP contribution in [0.15, 0.2) is 60.9 Å². The predicted octanol–water partition coefficient (Wildman–Crippen LogP) is 1.99. The molecule has 0 saturated heterocycles. The van der Waals surface area contributed by atoms with Gasteiger partial charge < -0.3 is 30.5 Å². The van der Waals surface area contributed by atoms with Crippen molar-refractivity contribution in [2.45, 2.75) is 13.1 Å². The Morgan fingerprint density at radius 2 is 1.43 bits per heavy atom. The van der Waals surface area contributed by atoms with E-state index < -0.39 is 17.9 Å². The number of carboxylic acid groups (broad SMARTS) is 1. The van der Waals surface area contributed by atoms with E-state index in [9.17, 15) is 14.4 Å². The highest BCUT2D eigenvalue weighted by molar-refractivity contribution is 5.97. The van der Waals surface area contributed by atoms with E-state index >= 15 is 0 Å². The van der Waals surface area contributed by atoms with Gasteiger partial charge in [-0.15, -0.1) is 0 Å². The minimum atomic E-state index is -1.14. The highest BCUT2D eigenvalue weighted by Gasteiger charge is 2.13. The second kappa shape index (κ2) is 13.7. The van der Waals surface area contributed by atoms with Crippen LogP contribution in [0.3, 0.4) is 0 Å². The molecule has 1 heterocycles. The molecule has 3 aromatic rings. The molecule has 0 fully saturated rings. The molecule has 0 bridgehead atoms. The number of nitrogens with one attached hydrogen (secondary N) is 3. The first-order valence-corrected chi connectivity index (χ1v) is 11.1. The number of carbonyl (C=O) groups is 3. The molecule has 11 heteroatoms. The summed E-state index contributed by atoms with van der Waals surface area (Å²) < 4.78 is 10.7. The van der Waals surface area contributed by atoms with Crippen LogP contribution in [0.2, 0.25) is 0 Å². The standard InChI is InChI=1S/C26H25N5O6/c1-36-20-8-4-6-18(12-20)15-28-24(32)22-14-23(31-17-30-22)25(33)29-16-19-7-5-9-21(13-19)37-11-3-2-10-27-26(34)35/h4-9,12-14,17,27H,10-11,15-16H2,1H3,(H,28,32)(H,29,33)(H,34,35). The molecule has 1 aromatic heterocycles. The van der Waals surface area contributed by atoms with Crippen molar-refractivity contribution in [1.82, 2.24) is 25.9 Å². The second-order valence-electron chi connectivity index (χ2n) is 7.45. The lowest BCUT2D eigenvalue weighted by Gasteiger charge is -2.09. The fourth-order valence-electron chi connectivity index (χ4n) is 3.03. The smallest absolute Gasteiger partial charge is 0.405 e. The lowest BCUT2D eigenvalue weighted by molar-refractivity contribution is 0.0944. The fourth-order valence-corrected chi connectivity index (χ4v) is 3.03. The molecule has 0 radical (unpaired) electrons. The number of nitrogens with zero attached hydrogens (tertiary/aromatic N) is 2. The van der Waals surface area contributed by atoms with Crippen LogP contribution in [0, 0.1) is 11.8 Å². The Morgan fingerprint density at radius 1 is 0.838 bits per heavy atom. The zero-order valence-electron chi connectivity index (χ0n) is 20.0.